The molecule has 0 amide bonds. The largest absolute Gasteiger partial charge is 0.341 e. The number of para-hydroxylation sites is 2. The second kappa shape index (κ2) is 4.25. The number of hydrogen-bond donors (Lipinski definition) is 0. The molecule has 17 heavy (non-hydrogen) atoms. The minimum atomic E-state index is 1.13. The van der Waals surface area contributed by atoms with Crippen LogP contribution in [-0.2, 0) is 6.42 Å². The highest BCUT2D eigenvalue weighted by atomic mass is 15.1. The second-order valence-corrected chi connectivity index (χ2v) is 4.67. The van der Waals surface area contributed by atoms with Gasteiger partial charge in [-0.25, -0.2) is 0 Å². The van der Waals surface area contributed by atoms with E-state index in [1.165, 1.54) is 35.3 Å². The van der Waals surface area contributed by atoms with Crippen molar-refractivity contribution in [3.8, 4) is 0 Å². The van der Waals surface area contributed by atoms with Gasteiger partial charge in [0, 0.05) is 17.9 Å². The fraction of sp³-hybridized carbons (Fsp3) is 0.250. The summed E-state index contributed by atoms with van der Waals surface area (Å²) in [6, 6.07) is 17.3. The Kier molecular flexibility index (Phi) is 2.60. The summed E-state index contributed by atoms with van der Waals surface area (Å²) in [6.45, 7) is 3.34. The molecule has 0 bridgehead atoms. The third-order valence-electron chi connectivity index (χ3n) is 3.49. The van der Waals surface area contributed by atoms with E-state index in [0.717, 1.165) is 6.54 Å². The van der Waals surface area contributed by atoms with Crippen LogP contribution < -0.4 is 4.90 Å². The van der Waals surface area contributed by atoms with Gasteiger partial charge in [-0.1, -0.05) is 36.4 Å². The van der Waals surface area contributed by atoms with Crippen LogP contribution in [0.25, 0.3) is 0 Å². The number of rotatable bonds is 1. The zero-order chi connectivity index (χ0) is 11.7. The van der Waals surface area contributed by atoms with Crippen LogP contribution >= 0.6 is 0 Å². The van der Waals surface area contributed by atoms with Crippen LogP contribution in [0.2, 0.25) is 0 Å². The standard InChI is InChI=1S/C16H17N/c1-13-7-5-8-14-9-6-12-17(16(13)14)15-10-3-2-4-11-15/h2-5,7-8,10-11H,6,9,12H2,1H3. The molecule has 1 nitrogen and oxygen atoms in total. The Balaban J connectivity index is 2.11. The molecule has 1 heterocycles. The highest BCUT2D eigenvalue weighted by Gasteiger charge is 2.19. The van der Waals surface area contributed by atoms with Crippen molar-refractivity contribution >= 4 is 11.4 Å². The summed E-state index contributed by atoms with van der Waals surface area (Å²) in [5, 5.41) is 0. The Morgan fingerprint density at radius 2 is 1.76 bits per heavy atom. The first-order valence-corrected chi connectivity index (χ1v) is 6.27. The summed E-state index contributed by atoms with van der Waals surface area (Å²) in [7, 11) is 0. The third kappa shape index (κ3) is 1.82. The van der Waals surface area contributed by atoms with Crippen LogP contribution in [0.3, 0.4) is 0 Å². The topological polar surface area (TPSA) is 3.24 Å². The van der Waals surface area contributed by atoms with Crippen LogP contribution in [0.15, 0.2) is 48.5 Å². The first kappa shape index (κ1) is 10.4. The second-order valence-electron chi connectivity index (χ2n) is 4.67. The van der Waals surface area contributed by atoms with Crippen molar-refractivity contribution in [2.45, 2.75) is 19.8 Å². The van der Waals surface area contributed by atoms with Crippen LogP contribution in [-0.4, -0.2) is 6.54 Å². The Morgan fingerprint density at radius 3 is 2.59 bits per heavy atom. The van der Waals surface area contributed by atoms with Crippen molar-refractivity contribution in [1.29, 1.82) is 0 Å². The van der Waals surface area contributed by atoms with Crippen molar-refractivity contribution in [2.24, 2.45) is 0 Å². The molecule has 2 aromatic rings. The molecular weight excluding hydrogens is 206 g/mol. The molecule has 0 atom stereocenters. The minimum Gasteiger partial charge on any atom is -0.341 e. The molecule has 86 valence electrons. The van der Waals surface area contributed by atoms with Crippen LogP contribution in [0, 0.1) is 6.92 Å². The van der Waals surface area contributed by atoms with Crippen LogP contribution in [0.4, 0.5) is 11.4 Å². The van der Waals surface area contributed by atoms with Gasteiger partial charge in [0.25, 0.3) is 0 Å². The van der Waals surface area contributed by atoms with Gasteiger partial charge in [-0.15, -0.1) is 0 Å². The van der Waals surface area contributed by atoms with E-state index in [-0.39, 0.29) is 0 Å². The van der Waals surface area contributed by atoms with Gasteiger partial charge < -0.3 is 4.90 Å². The molecule has 0 N–H and O–H groups in total. The Labute approximate surface area is 103 Å². The lowest BCUT2D eigenvalue weighted by atomic mass is 9.98. The predicted molar refractivity (Wildman–Crippen MR) is 72.9 cm³/mol. The van der Waals surface area contributed by atoms with E-state index in [2.05, 4.69) is 60.4 Å². The number of aryl methyl sites for hydroxylation is 2. The molecule has 0 aromatic heterocycles. The molecular formula is C16H17N. The summed E-state index contributed by atoms with van der Waals surface area (Å²) in [4.78, 5) is 2.45. The van der Waals surface area contributed by atoms with Gasteiger partial charge in [-0.3, -0.25) is 0 Å². The smallest absolute Gasteiger partial charge is 0.0472 e. The molecule has 0 saturated carbocycles. The maximum atomic E-state index is 2.45. The van der Waals surface area contributed by atoms with Crippen molar-refractivity contribution < 1.29 is 0 Å². The molecule has 1 heteroatoms. The van der Waals surface area contributed by atoms with E-state index >= 15 is 0 Å². The summed E-state index contributed by atoms with van der Waals surface area (Å²) < 4.78 is 0. The van der Waals surface area contributed by atoms with Gasteiger partial charge in [0.05, 0.1) is 0 Å². The lowest BCUT2D eigenvalue weighted by Crippen LogP contribution is -2.25. The molecule has 0 radical (unpaired) electrons. The number of benzene rings is 2. The quantitative estimate of drug-likeness (QED) is 0.704. The number of fused-ring (bicyclic) bond motifs is 1. The number of nitrogens with zero attached hydrogens (tertiary/aromatic N) is 1. The summed E-state index contributed by atoms with van der Waals surface area (Å²) in [5.74, 6) is 0. The highest BCUT2D eigenvalue weighted by Crippen LogP contribution is 2.35. The van der Waals surface area contributed by atoms with Gasteiger partial charge in [0.2, 0.25) is 0 Å². The number of hydrogen-bond acceptors (Lipinski definition) is 1. The molecule has 1 aliphatic heterocycles. The lowest BCUT2D eigenvalue weighted by molar-refractivity contribution is 0.764. The van der Waals surface area contributed by atoms with E-state index in [1.54, 1.807) is 0 Å². The van der Waals surface area contributed by atoms with Gasteiger partial charge in [-0.05, 0) is 43.0 Å². The van der Waals surface area contributed by atoms with Crippen LogP contribution in [0.5, 0.6) is 0 Å². The first-order chi connectivity index (χ1) is 8.36. The Morgan fingerprint density at radius 1 is 0.941 bits per heavy atom. The maximum absolute atomic E-state index is 2.45. The zero-order valence-electron chi connectivity index (χ0n) is 10.2. The summed E-state index contributed by atoms with van der Waals surface area (Å²) >= 11 is 0. The van der Waals surface area contributed by atoms with Crippen molar-refractivity contribution in [2.75, 3.05) is 11.4 Å². The van der Waals surface area contributed by atoms with Gasteiger partial charge in [0.15, 0.2) is 0 Å². The van der Waals surface area contributed by atoms with Gasteiger partial charge in [-0.2, -0.15) is 0 Å². The summed E-state index contributed by atoms with van der Waals surface area (Å²) in [5.41, 5.74) is 5.60. The van der Waals surface area contributed by atoms with E-state index in [1.807, 2.05) is 0 Å². The Hall–Kier alpha value is -1.76. The normalized spacial score (nSPS) is 14.5. The molecule has 1 aliphatic rings. The molecule has 3 rings (SSSR count). The lowest BCUT2D eigenvalue weighted by Gasteiger charge is -2.32. The molecule has 0 unspecified atom stereocenters. The fourth-order valence-corrected chi connectivity index (χ4v) is 2.71. The van der Waals surface area contributed by atoms with E-state index < -0.39 is 0 Å². The summed E-state index contributed by atoms with van der Waals surface area (Å²) in [6.07, 6.45) is 2.45. The Bertz CT molecular complexity index is 516. The molecule has 0 spiro atoms. The molecule has 0 aliphatic carbocycles. The number of anilines is 2. The fourth-order valence-electron chi connectivity index (χ4n) is 2.71. The van der Waals surface area contributed by atoms with Gasteiger partial charge in [0.1, 0.15) is 0 Å². The predicted octanol–water partition coefficient (Wildman–Crippen LogP) is 4.08. The van der Waals surface area contributed by atoms with E-state index in [4.69, 9.17) is 0 Å². The zero-order valence-corrected chi connectivity index (χ0v) is 10.2. The van der Waals surface area contributed by atoms with Crippen molar-refractivity contribution in [3.63, 3.8) is 0 Å². The SMILES string of the molecule is Cc1cccc2c1N(c1ccccc1)CCC2. The molecule has 0 fully saturated rings. The van der Waals surface area contributed by atoms with Crippen LogP contribution in [0.1, 0.15) is 17.5 Å². The first-order valence-electron chi connectivity index (χ1n) is 6.27. The van der Waals surface area contributed by atoms with Crippen molar-refractivity contribution in [3.05, 3.63) is 59.7 Å². The minimum absolute atomic E-state index is 1.13. The van der Waals surface area contributed by atoms with E-state index in [9.17, 15) is 0 Å². The third-order valence-corrected chi connectivity index (χ3v) is 3.49. The molecule has 2 aromatic carbocycles. The average molecular weight is 223 g/mol. The maximum Gasteiger partial charge on any atom is 0.0472 e. The molecule has 0 saturated heterocycles. The van der Waals surface area contributed by atoms with Crippen molar-refractivity contribution in [1.82, 2.24) is 0 Å². The van der Waals surface area contributed by atoms with E-state index in [0.29, 0.717) is 0 Å². The average Bonchev–Trinajstić information content (AvgIpc) is 2.39. The monoisotopic (exact) mass is 223 g/mol. The van der Waals surface area contributed by atoms with Gasteiger partial charge >= 0.3 is 0 Å². The highest BCUT2D eigenvalue weighted by molar-refractivity contribution is 5.70.